The molecule has 7 nitrogen and oxygen atoms in total. The molecule has 0 saturated heterocycles. The van der Waals surface area contributed by atoms with Gasteiger partial charge in [0, 0.05) is 29.1 Å². The zero-order valence-electron chi connectivity index (χ0n) is 25.6. The van der Waals surface area contributed by atoms with Gasteiger partial charge in [0.15, 0.2) is 0 Å². The normalized spacial score (nSPS) is 14.1. The summed E-state index contributed by atoms with van der Waals surface area (Å²) >= 11 is 12.7. The molecule has 1 aliphatic carbocycles. The van der Waals surface area contributed by atoms with E-state index in [0.29, 0.717) is 21.2 Å². The molecular formula is C36H37Cl2N3O4S. The van der Waals surface area contributed by atoms with Crippen molar-refractivity contribution in [3.05, 3.63) is 130 Å². The van der Waals surface area contributed by atoms with E-state index in [1.165, 1.54) is 17.0 Å². The van der Waals surface area contributed by atoms with Crippen LogP contribution in [0.2, 0.25) is 10.0 Å². The molecule has 2 amide bonds. The summed E-state index contributed by atoms with van der Waals surface area (Å²) in [5, 5.41) is 4.00. The van der Waals surface area contributed by atoms with Crippen LogP contribution >= 0.6 is 23.2 Å². The Morgan fingerprint density at radius 3 is 2.13 bits per heavy atom. The number of halogens is 2. The molecule has 240 valence electrons. The number of amides is 2. The van der Waals surface area contributed by atoms with E-state index in [1.807, 2.05) is 36.4 Å². The summed E-state index contributed by atoms with van der Waals surface area (Å²) in [6.07, 6.45) is 4.06. The van der Waals surface area contributed by atoms with Gasteiger partial charge in [0.1, 0.15) is 12.6 Å². The standard InChI is InChI=1S/C36H37Cl2N3O4S/c1-26-19-20-30(38)23-33(26)41(46(44,45)32-17-6-3-7-18-32)25-35(42)40(24-28-13-10-14-29(37)21-28)34(22-27-11-4-2-5-12-27)36(43)39-31-15-8-9-16-31/h2-7,10-14,17-21,23,31,34H,8-9,15-16,22,24-25H2,1H3,(H,39,43). The summed E-state index contributed by atoms with van der Waals surface area (Å²) < 4.78 is 29.5. The summed E-state index contributed by atoms with van der Waals surface area (Å²) in [4.78, 5) is 30.3. The SMILES string of the molecule is Cc1ccc(Cl)cc1N(CC(=O)N(Cc1cccc(Cl)c1)C(Cc1ccccc1)C(=O)NC1CCCC1)S(=O)(=O)c1ccccc1. The van der Waals surface area contributed by atoms with Crippen molar-refractivity contribution >= 4 is 50.7 Å². The van der Waals surface area contributed by atoms with Crippen LogP contribution in [0.25, 0.3) is 0 Å². The fraction of sp³-hybridized carbons (Fsp3) is 0.278. The van der Waals surface area contributed by atoms with E-state index in [0.717, 1.165) is 35.6 Å². The second-order valence-corrected chi connectivity index (χ2v) is 14.3. The monoisotopic (exact) mass is 677 g/mol. The number of rotatable bonds is 12. The van der Waals surface area contributed by atoms with Gasteiger partial charge in [0.2, 0.25) is 11.8 Å². The first-order chi connectivity index (χ1) is 22.1. The quantitative estimate of drug-likeness (QED) is 0.172. The number of nitrogens with one attached hydrogen (secondary N) is 1. The lowest BCUT2D eigenvalue weighted by atomic mass is 10.0. The zero-order valence-corrected chi connectivity index (χ0v) is 27.9. The number of nitrogens with zero attached hydrogens (tertiary/aromatic N) is 2. The molecule has 10 heteroatoms. The zero-order chi connectivity index (χ0) is 32.7. The third-order valence-corrected chi connectivity index (χ3v) is 10.5. The van der Waals surface area contributed by atoms with Gasteiger partial charge in [-0.2, -0.15) is 0 Å². The Labute approximate surface area is 281 Å². The average Bonchev–Trinajstić information content (AvgIpc) is 3.56. The van der Waals surface area contributed by atoms with Crippen molar-refractivity contribution < 1.29 is 18.0 Å². The Hall–Kier alpha value is -3.85. The molecule has 0 bridgehead atoms. The van der Waals surface area contributed by atoms with Gasteiger partial charge in [0.25, 0.3) is 10.0 Å². The van der Waals surface area contributed by atoms with Gasteiger partial charge in [-0.25, -0.2) is 8.42 Å². The first-order valence-electron chi connectivity index (χ1n) is 15.3. The molecule has 4 aromatic rings. The Balaban J connectivity index is 1.58. The molecule has 1 atom stereocenters. The summed E-state index contributed by atoms with van der Waals surface area (Å²) in [6, 6.07) is 28.6. The number of hydrogen-bond acceptors (Lipinski definition) is 4. The third-order valence-electron chi connectivity index (χ3n) is 8.26. The highest BCUT2D eigenvalue weighted by molar-refractivity contribution is 7.92. The lowest BCUT2D eigenvalue weighted by molar-refractivity contribution is -0.140. The Morgan fingerprint density at radius 1 is 0.826 bits per heavy atom. The number of aryl methyl sites for hydroxylation is 1. The maximum atomic E-state index is 14.6. The highest BCUT2D eigenvalue weighted by Crippen LogP contribution is 2.30. The van der Waals surface area contributed by atoms with Crippen LogP contribution in [-0.2, 0) is 32.6 Å². The van der Waals surface area contributed by atoms with E-state index in [1.54, 1.807) is 61.5 Å². The highest BCUT2D eigenvalue weighted by atomic mass is 35.5. The van der Waals surface area contributed by atoms with Crippen molar-refractivity contribution in [2.75, 3.05) is 10.8 Å². The number of hydrogen-bond donors (Lipinski definition) is 1. The van der Waals surface area contributed by atoms with E-state index in [9.17, 15) is 18.0 Å². The summed E-state index contributed by atoms with van der Waals surface area (Å²) in [6.45, 7) is 1.25. The van der Waals surface area contributed by atoms with Crippen LogP contribution in [0.15, 0.2) is 108 Å². The molecule has 0 aromatic heterocycles. The highest BCUT2D eigenvalue weighted by Gasteiger charge is 2.36. The molecule has 0 heterocycles. The topological polar surface area (TPSA) is 86.8 Å². The van der Waals surface area contributed by atoms with Gasteiger partial charge < -0.3 is 10.2 Å². The number of carbonyl (C=O) groups is 2. The van der Waals surface area contributed by atoms with Crippen molar-refractivity contribution in [3.63, 3.8) is 0 Å². The molecule has 0 radical (unpaired) electrons. The van der Waals surface area contributed by atoms with E-state index < -0.39 is 28.5 Å². The Kier molecular flexibility index (Phi) is 11.0. The molecule has 46 heavy (non-hydrogen) atoms. The molecule has 5 rings (SSSR count). The van der Waals surface area contributed by atoms with Gasteiger partial charge >= 0.3 is 0 Å². The van der Waals surface area contributed by atoms with E-state index >= 15 is 0 Å². The van der Waals surface area contributed by atoms with Crippen molar-refractivity contribution in [1.82, 2.24) is 10.2 Å². The van der Waals surface area contributed by atoms with Crippen molar-refractivity contribution in [2.24, 2.45) is 0 Å². The van der Waals surface area contributed by atoms with Crippen LogP contribution in [-0.4, -0.2) is 43.8 Å². The van der Waals surface area contributed by atoms with Crippen molar-refractivity contribution in [2.45, 2.75) is 62.6 Å². The molecule has 4 aromatic carbocycles. The van der Waals surface area contributed by atoms with Gasteiger partial charge in [-0.15, -0.1) is 0 Å². The van der Waals surface area contributed by atoms with Crippen LogP contribution in [0.3, 0.4) is 0 Å². The van der Waals surface area contributed by atoms with Gasteiger partial charge in [0.05, 0.1) is 10.6 Å². The number of sulfonamides is 1. The van der Waals surface area contributed by atoms with Crippen molar-refractivity contribution in [1.29, 1.82) is 0 Å². The fourth-order valence-electron chi connectivity index (χ4n) is 5.84. The fourth-order valence-corrected chi connectivity index (χ4v) is 7.71. The first kappa shape index (κ1) is 33.5. The van der Waals surface area contributed by atoms with Crippen LogP contribution in [0.1, 0.15) is 42.4 Å². The summed E-state index contributed by atoms with van der Waals surface area (Å²) in [5.74, 6) is -0.816. The largest absolute Gasteiger partial charge is 0.352 e. The molecular weight excluding hydrogens is 641 g/mol. The second-order valence-electron chi connectivity index (χ2n) is 11.6. The predicted molar refractivity (Wildman–Crippen MR) is 183 cm³/mol. The predicted octanol–water partition coefficient (Wildman–Crippen LogP) is 7.20. The number of anilines is 1. The van der Waals surface area contributed by atoms with E-state index in [4.69, 9.17) is 23.2 Å². The summed E-state index contributed by atoms with van der Waals surface area (Å²) in [7, 11) is -4.22. The minimum atomic E-state index is -4.22. The van der Waals surface area contributed by atoms with Gasteiger partial charge in [-0.05, 0) is 72.9 Å². The Morgan fingerprint density at radius 2 is 1.46 bits per heavy atom. The molecule has 1 N–H and O–H groups in total. The van der Waals surface area contributed by atoms with Crippen LogP contribution in [0, 0.1) is 6.92 Å². The smallest absolute Gasteiger partial charge is 0.264 e. The minimum absolute atomic E-state index is 0.0259. The first-order valence-corrected chi connectivity index (χ1v) is 17.5. The van der Waals surface area contributed by atoms with Gasteiger partial charge in [-0.3, -0.25) is 13.9 Å². The maximum Gasteiger partial charge on any atom is 0.264 e. The van der Waals surface area contributed by atoms with E-state index in [2.05, 4.69) is 5.32 Å². The summed E-state index contributed by atoms with van der Waals surface area (Å²) in [5.41, 5.74) is 2.49. The molecule has 0 spiro atoms. The van der Waals surface area contributed by atoms with Crippen LogP contribution in [0.4, 0.5) is 5.69 Å². The molecule has 1 aliphatic rings. The second kappa shape index (κ2) is 15.2. The molecule has 1 fully saturated rings. The molecule has 1 saturated carbocycles. The molecule has 1 unspecified atom stereocenters. The minimum Gasteiger partial charge on any atom is -0.352 e. The number of carbonyl (C=O) groups excluding carboxylic acids is 2. The lowest BCUT2D eigenvalue weighted by Crippen LogP contribution is -2.54. The Bertz CT molecular complexity index is 1760. The van der Waals surface area contributed by atoms with Crippen LogP contribution in [0.5, 0.6) is 0 Å². The average molecular weight is 679 g/mol. The van der Waals surface area contributed by atoms with E-state index in [-0.39, 0.29) is 35.5 Å². The third kappa shape index (κ3) is 8.29. The molecule has 0 aliphatic heterocycles. The van der Waals surface area contributed by atoms with Crippen molar-refractivity contribution in [3.8, 4) is 0 Å². The van der Waals surface area contributed by atoms with Crippen LogP contribution < -0.4 is 9.62 Å². The number of benzene rings is 4. The maximum absolute atomic E-state index is 14.6. The lowest BCUT2D eigenvalue weighted by Gasteiger charge is -2.34. The van der Waals surface area contributed by atoms with Gasteiger partial charge in [-0.1, -0.05) is 103 Å².